The highest BCUT2D eigenvalue weighted by molar-refractivity contribution is 9.10. The smallest absolute Gasteiger partial charge is 0.262 e. The van der Waals surface area contributed by atoms with Crippen LogP contribution in [0.2, 0.25) is 0 Å². The third kappa shape index (κ3) is 1.91. The number of imide groups is 1. The van der Waals surface area contributed by atoms with Gasteiger partial charge in [-0.2, -0.15) is 0 Å². The minimum atomic E-state index is -0.669. The Morgan fingerprint density at radius 1 is 1.14 bits per heavy atom. The van der Waals surface area contributed by atoms with Gasteiger partial charge in [-0.15, -0.1) is 0 Å². The van der Waals surface area contributed by atoms with Gasteiger partial charge in [-0.25, -0.2) is 0 Å². The summed E-state index contributed by atoms with van der Waals surface area (Å²) < 4.78 is 1.60. The van der Waals surface area contributed by atoms with Crippen LogP contribution in [0.4, 0.5) is 5.82 Å². The second kappa shape index (κ2) is 4.45. The third-order valence-electron chi connectivity index (χ3n) is 3.13. The Balaban J connectivity index is 2.35. The molecule has 1 aliphatic heterocycles. The molecule has 2 amide bonds. The molecule has 3 rings (SSSR count). The molecule has 0 bridgehead atoms. The third-order valence-corrected chi connectivity index (χ3v) is 3.62. The number of nitrogens with two attached hydrogens (primary N) is 1. The van der Waals surface area contributed by atoms with Gasteiger partial charge < -0.3 is 10.8 Å². The average Bonchev–Trinajstić information content (AvgIpc) is 2.67. The molecule has 2 heterocycles. The van der Waals surface area contributed by atoms with Crippen molar-refractivity contribution in [3.63, 3.8) is 0 Å². The number of aromatic hydroxyl groups is 1. The molecule has 0 saturated carbocycles. The summed E-state index contributed by atoms with van der Waals surface area (Å²) in [5, 5.41) is 12.0. The number of nitrogens with zero attached hydrogens (tertiary/aromatic N) is 1. The van der Waals surface area contributed by atoms with Crippen molar-refractivity contribution in [1.82, 2.24) is 9.88 Å². The Hall–Kier alpha value is -2.61. The maximum Gasteiger partial charge on any atom is 0.262 e. The first-order valence-electron chi connectivity index (χ1n) is 5.80. The highest BCUT2D eigenvalue weighted by Crippen LogP contribution is 2.29. The van der Waals surface area contributed by atoms with Crippen LogP contribution in [0, 0.1) is 0 Å². The van der Waals surface area contributed by atoms with Crippen molar-refractivity contribution in [2.45, 2.75) is 0 Å². The Kier molecular flexibility index (Phi) is 2.84. The number of benzene rings is 1. The maximum absolute atomic E-state index is 12.2. The van der Waals surface area contributed by atoms with E-state index in [1.807, 2.05) is 0 Å². The minimum Gasteiger partial charge on any atom is -0.506 e. The minimum absolute atomic E-state index is 0.0599. The quantitative estimate of drug-likeness (QED) is 0.658. The normalized spacial score (nSPS) is 13.2. The molecule has 0 spiro atoms. The van der Waals surface area contributed by atoms with E-state index < -0.39 is 17.4 Å². The topological polar surface area (TPSA) is 114 Å². The predicted octanol–water partition coefficient (Wildman–Crippen LogP) is 0.771. The van der Waals surface area contributed by atoms with E-state index in [2.05, 4.69) is 21.2 Å². The Labute approximate surface area is 126 Å². The number of hydrogen-bond acceptors (Lipinski definition) is 5. The lowest BCUT2D eigenvalue weighted by Gasteiger charge is -2.13. The van der Waals surface area contributed by atoms with E-state index in [1.165, 1.54) is 12.1 Å². The van der Waals surface area contributed by atoms with Crippen molar-refractivity contribution >= 4 is 33.6 Å². The molecule has 4 N–H and O–H groups in total. The van der Waals surface area contributed by atoms with Gasteiger partial charge in [-0.1, -0.05) is 15.9 Å². The predicted molar refractivity (Wildman–Crippen MR) is 77.6 cm³/mol. The number of carbonyl (C=O) groups excluding carboxylic acids is 2. The van der Waals surface area contributed by atoms with Crippen LogP contribution in [0.15, 0.2) is 33.5 Å². The van der Waals surface area contributed by atoms with Gasteiger partial charge in [0, 0.05) is 10.5 Å². The zero-order valence-electron chi connectivity index (χ0n) is 10.4. The molecule has 8 heteroatoms. The SMILES string of the molecule is Nc1c2c(cc(=O)n1-c1ccc(Br)cc1O)C(=O)NC2=O. The van der Waals surface area contributed by atoms with Crippen molar-refractivity contribution in [3.8, 4) is 11.4 Å². The largest absolute Gasteiger partial charge is 0.506 e. The number of phenols is 1. The number of nitrogen functional groups attached to an aromatic ring is 1. The molecule has 1 aromatic carbocycles. The van der Waals surface area contributed by atoms with Crippen molar-refractivity contribution in [2.24, 2.45) is 0 Å². The van der Waals surface area contributed by atoms with Crippen LogP contribution in [0.1, 0.15) is 20.7 Å². The summed E-state index contributed by atoms with van der Waals surface area (Å²) in [7, 11) is 0. The van der Waals surface area contributed by atoms with E-state index in [-0.39, 0.29) is 28.4 Å². The summed E-state index contributed by atoms with van der Waals surface area (Å²) >= 11 is 3.19. The first-order chi connectivity index (χ1) is 9.90. The molecule has 0 saturated heterocycles. The van der Waals surface area contributed by atoms with Crippen LogP contribution >= 0.6 is 15.9 Å². The zero-order chi connectivity index (χ0) is 15.3. The molecule has 7 nitrogen and oxygen atoms in total. The van der Waals surface area contributed by atoms with E-state index in [0.29, 0.717) is 4.47 Å². The van der Waals surface area contributed by atoms with E-state index in [0.717, 1.165) is 10.6 Å². The van der Waals surface area contributed by atoms with Crippen LogP contribution in [-0.2, 0) is 0 Å². The molecular weight excluding hydrogens is 342 g/mol. The summed E-state index contributed by atoms with van der Waals surface area (Å²) in [5.74, 6) is -1.72. The van der Waals surface area contributed by atoms with Gasteiger partial charge in [0.05, 0.1) is 16.8 Å². The average molecular weight is 350 g/mol. The first-order valence-corrected chi connectivity index (χ1v) is 6.59. The number of nitrogens with one attached hydrogen (secondary N) is 1. The van der Waals surface area contributed by atoms with E-state index in [4.69, 9.17) is 5.73 Å². The molecule has 0 atom stereocenters. The monoisotopic (exact) mass is 349 g/mol. The fraction of sp³-hybridized carbons (Fsp3) is 0. The summed E-state index contributed by atoms with van der Waals surface area (Å²) in [6.45, 7) is 0. The van der Waals surface area contributed by atoms with E-state index >= 15 is 0 Å². The van der Waals surface area contributed by atoms with Crippen LogP contribution in [0.3, 0.4) is 0 Å². The molecule has 2 aromatic rings. The summed E-state index contributed by atoms with van der Waals surface area (Å²) in [6, 6.07) is 5.49. The maximum atomic E-state index is 12.2. The number of hydrogen-bond donors (Lipinski definition) is 3. The molecular formula is C13H8BrN3O4. The molecule has 21 heavy (non-hydrogen) atoms. The number of phenolic OH excluding ortho intramolecular Hbond substituents is 1. The van der Waals surface area contributed by atoms with Gasteiger partial charge in [0.25, 0.3) is 17.4 Å². The number of amides is 2. The lowest BCUT2D eigenvalue weighted by atomic mass is 10.1. The lowest BCUT2D eigenvalue weighted by Crippen LogP contribution is -2.24. The number of aromatic nitrogens is 1. The molecule has 0 fully saturated rings. The zero-order valence-corrected chi connectivity index (χ0v) is 12.0. The Bertz CT molecular complexity index is 872. The first kappa shape index (κ1) is 13.4. The van der Waals surface area contributed by atoms with Gasteiger partial charge in [-0.3, -0.25) is 24.3 Å². The molecule has 0 aliphatic carbocycles. The number of carbonyl (C=O) groups is 2. The van der Waals surface area contributed by atoms with E-state index in [1.54, 1.807) is 6.07 Å². The number of halogens is 1. The van der Waals surface area contributed by atoms with Gasteiger partial charge in [0.1, 0.15) is 11.6 Å². The molecule has 1 aromatic heterocycles. The fourth-order valence-electron chi connectivity index (χ4n) is 2.21. The van der Waals surface area contributed by atoms with Crippen LogP contribution < -0.4 is 16.6 Å². The van der Waals surface area contributed by atoms with Crippen LogP contribution in [0.25, 0.3) is 5.69 Å². The highest BCUT2D eigenvalue weighted by Gasteiger charge is 2.32. The molecule has 1 aliphatic rings. The van der Waals surface area contributed by atoms with Crippen LogP contribution in [0.5, 0.6) is 5.75 Å². The molecule has 0 radical (unpaired) electrons. The Morgan fingerprint density at radius 3 is 2.52 bits per heavy atom. The lowest BCUT2D eigenvalue weighted by molar-refractivity contribution is 0.0880. The van der Waals surface area contributed by atoms with Crippen LogP contribution in [-0.4, -0.2) is 21.5 Å². The number of pyridine rings is 1. The van der Waals surface area contributed by atoms with Crippen molar-refractivity contribution in [1.29, 1.82) is 0 Å². The second-order valence-electron chi connectivity index (χ2n) is 4.41. The summed E-state index contributed by atoms with van der Waals surface area (Å²) in [4.78, 5) is 35.4. The number of rotatable bonds is 1. The van der Waals surface area contributed by atoms with Gasteiger partial charge in [0.15, 0.2) is 0 Å². The van der Waals surface area contributed by atoms with Gasteiger partial charge >= 0.3 is 0 Å². The number of anilines is 1. The summed E-state index contributed by atoms with van der Waals surface area (Å²) in [5.41, 5.74) is 5.23. The Morgan fingerprint density at radius 2 is 1.86 bits per heavy atom. The van der Waals surface area contributed by atoms with Crippen molar-refractivity contribution < 1.29 is 14.7 Å². The molecule has 0 unspecified atom stereocenters. The van der Waals surface area contributed by atoms with Gasteiger partial charge in [0.2, 0.25) is 0 Å². The standard InChI is InChI=1S/C13H8BrN3O4/c14-5-1-2-7(8(18)3-5)17-9(19)4-6-10(11(17)15)13(21)16-12(6)20/h1-4,18H,15H2,(H,16,20,21). The van der Waals surface area contributed by atoms with Gasteiger partial charge in [-0.05, 0) is 18.2 Å². The molecule has 106 valence electrons. The number of fused-ring (bicyclic) bond motifs is 1. The second-order valence-corrected chi connectivity index (χ2v) is 5.32. The van der Waals surface area contributed by atoms with Crippen molar-refractivity contribution in [3.05, 3.63) is 50.2 Å². The van der Waals surface area contributed by atoms with E-state index in [9.17, 15) is 19.5 Å². The fourth-order valence-corrected chi connectivity index (χ4v) is 2.56. The summed E-state index contributed by atoms with van der Waals surface area (Å²) in [6.07, 6.45) is 0. The highest BCUT2D eigenvalue weighted by atomic mass is 79.9. The van der Waals surface area contributed by atoms with Crippen molar-refractivity contribution in [2.75, 3.05) is 5.73 Å².